The van der Waals surface area contributed by atoms with Crippen molar-refractivity contribution >= 4 is 74.1 Å². The lowest BCUT2D eigenvalue weighted by molar-refractivity contribution is -0.127. The third-order valence-corrected chi connectivity index (χ3v) is 6.74. The van der Waals surface area contributed by atoms with Gasteiger partial charge in [-0.15, -0.1) is 0 Å². The van der Waals surface area contributed by atoms with E-state index in [1.165, 1.54) is 25.3 Å². The van der Waals surface area contributed by atoms with Crippen molar-refractivity contribution in [1.82, 2.24) is 4.90 Å². The average molecular weight is 612 g/mol. The fourth-order valence-corrected chi connectivity index (χ4v) is 4.89. The van der Waals surface area contributed by atoms with E-state index in [4.69, 9.17) is 21.1 Å². The van der Waals surface area contributed by atoms with Crippen LogP contribution in [0.2, 0.25) is 5.02 Å². The predicted molar refractivity (Wildman–Crippen MR) is 145 cm³/mol. The smallest absolute Gasteiger partial charge is 0.339 e. The standard InChI is InChI=1S/C25H24BrClN2O7S/c1-4-8-36-22-17(26)9-14(10-19(22)35-5-2)11-20-23(31)29(25(33)37-20)13-21(30)28-15-6-7-18(27)16(12-15)24(32)34-3/h6-7,9-12H,4-5,8,13H2,1-3H3,(H,28,30)/b20-11-. The molecule has 1 heterocycles. The molecule has 0 atom stereocenters. The second-order valence-electron chi connectivity index (χ2n) is 7.61. The Morgan fingerprint density at radius 1 is 1.16 bits per heavy atom. The third kappa shape index (κ3) is 7.06. The second kappa shape index (κ2) is 13.0. The Labute approximate surface area is 231 Å². The molecule has 3 amide bonds. The highest BCUT2D eigenvalue weighted by atomic mass is 79.9. The highest BCUT2D eigenvalue weighted by Crippen LogP contribution is 2.39. The number of nitrogens with zero attached hydrogens (tertiary/aromatic N) is 1. The first kappa shape index (κ1) is 28.5. The Morgan fingerprint density at radius 2 is 1.92 bits per heavy atom. The van der Waals surface area contributed by atoms with E-state index >= 15 is 0 Å². The number of imide groups is 1. The maximum Gasteiger partial charge on any atom is 0.339 e. The molecule has 3 rings (SSSR count). The van der Waals surface area contributed by atoms with Crippen molar-refractivity contribution in [3.63, 3.8) is 0 Å². The lowest BCUT2D eigenvalue weighted by Crippen LogP contribution is -2.36. The Hall–Kier alpha value is -3.02. The van der Waals surface area contributed by atoms with Crippen LogP contribution in [0.15, 0.2) is 39.7 Å². The lowest BCUT2D eigenvalue weighted by atomic mass is 10.1. The molecule has 1 fully saturated rings. The molecule has 0 aromatic heterocycles. The Kier molecular flexibility index (Phi) is 10.0. The summed E-state index contributed by atoms with van der Waals surface area (Å²) in [5.41, 5.74) is 0.946. The maximum absolute atomic E-state index is 12.9. The molecule has 1 saturated heterocycles. The molecule has 2 aromatic rings. The number of halogens is 2. The summed E-state index contributed by atoms with van der Waals surface area (Å²) in [6.45, 7) is 4.27. The molecule has 1 aliphatic heterocycles. The minimum atomic E-state index is -0.665. The van der Waals surface area contributed by atoms with Crippen LogP contribution in [0.4, 0.5) is 10.5 Å². The number of carbonyl (C=O) groups is 4. The summed E-state index contributed by atoms with van der Waals surface area (Å²) in [6.07, 6.45) is 2.38. The molecule has 196 valence electrons. The number of amides is 3. The van der Waals surface area contributed by atoms with Gasteiger partial charge in [-0.3, -0.25) is 19.3 Å². The molecular formula is C25H24BrClN2O7S. The van der Waals surface area contributed by atoms with Crippen LogP contribution in [0.5, 0.6) is 11.5 Å². The Morgan fingerprint density at radius 3 is 2.59 bits per heavy atom. The normalized spacial score (nSPS) is 14.2. The maximum atomic E-state index is 12.9. The predicted octanol–water partition coefficient (Wildman–Crippen LogP) is 5.75. The zero-order chi connectivity index (χ0) is 27.1. The monoisotopic (exact) mass is 610 g/mol. The van der Waals surface area contributed by atoms with Crippen LogP contribution in [0, 0.1) is 0 Å². The fraction of sp³-hybridized carbons (Fsp3) is 0.280. The van der Waals surface area contributed by atoms with Gasteiger partial charge in [0.1, 0.15) is 6.54 Å². The molecule has 0 bridgehead atoms. The highest BCUT2D eigenvalue weighted by molar-refractivity contribution is 9.10. The van der Waals surface area contributed by atoms with E-state index in [9.17, 15) is 19.2 Å². The van der Waals surface area contributed by atoms with Crippen LogP contribution in [0.25, 0.3) is 6.08 Å². The number of anilines is 1. The number of ether oxygens (including phenoxy) is 3. The van der Waals surface area contributed by atoms with E-state index in [1.54, 1.807) is 18.2 Å². The number of rotatable bonds is 10. The van der Waals surface area contributed by atoms with Crippen molar-refractivity contribution in [2.45, 2.75) is 20.3 Å². The number of methoxy groups -OCH3 is 1. The number of hydrogen-bond donors (Lipinski definition) is 1. The molecule has 0 radical (unpaired) electrons. The number of benzene rings is 2. The van der Waals surface area contributed by atoms with Crippen LogP contribution in [0.1, 0.15) is 36.2 Å². The van der Waals surface area contributed by atoms with Crippen molar-refractivity contribution in [3.8, 4) is 11.5 Å². The largest absolute Gasteiger partial charge is 0.490 e. The average Bonchev–Trinajstić information content (AvgIpc) is 3.11. The lowest BCUT2D eigenvalue weighted by Gasteiger charge is -2.14. The SMILES string of the molecule is CCCOc1c(Br)cc(/C=C2\SC(=O)N(CC(=O)Nc3ccc(Cl)c(C(=O)OC)c3)C2=O)cc1OCC. The summed E-state index contributed by atoms with van der Waals surface area (Å²) in [5.74, 6) is -0.827. The van der Waals surface area contributed by atoms with Crippen LogP contribution < -0.4 is 14.8 Å². The minimum Gasteiger partial charge on any atom is -0.490 e. The van der Waals surface area contributed by atoms with Gasteiger partial charge >= 0.3 is 5.97 Å². The van der Waals surface area contributed by atoms with E-state index in [1.807, 2.05) is 13.8 Å². The number of carbonyl (C=O) groups excluding carboxylic acids is 4. The fourth-order valence-electron chi connectivity index (χ4n) is 3.28. The van der Waals surface area contributed by atoms with Crippen molar-refractivity contribution < 1.29 is 33.4 Å². The summed E-state index contributed by atoms with van der Waals surface area (Å²) >= 11 is 10.2. The van der Waals surface area contributed by atoms with Gasteiger partial charge in [0, 0.05) is 5.69 Å². The Bertz CT molecular complexity index is 1270. The Balaban J connectivity index is 1.75. The number of thioether (sulfide) groups is 1. The van der Waals surface area contributed by atoms with Gasteiger partial charge in [-0.05, 0) is 83.0 Å². The molecule has 1 aliphatic rings. The minimum absolute atomic E-state index is 0.0692. The molecule has 0 saturated carbocycles. The third-order valence-electron chi connectivity index (χ3n) is 4.91. The van der Waals surface area contributed by atoms with Crippen LogP contribution in [0.3, 0.4) is 0 Å². The van der Waals surface area contributed by atoms with Crippen molar-refractivity contribution in [3.05, 3.63) is 55.9 Å². The zero-order valence-corrected chi connectivity index (χ0v) is 23.4. The van der Waals surface area contributed by atoms with Gasteiger partial charge in [0.05, 0.1) is 40.3 Å². The van der Waals surface area contributed by atoms with Gasteiger partial charge in [0.2, 0.25) is 5.91 Å². The van der Waals surface area contributed by atoms with E-state index in [-0.39, 0.29) is 21.2 Å². The molecule has 37 heavy (non-hydrogen) atoms. The molecule has 2 aromatic carbocycles. The van der Waals surface area contributed by atoms with Gasteiger partial charge in [-0.2, -0.15) is 0 Å². The quantitative estimate of drug-likeness (QED) is 0.267. The summed E-state index contributed by atoms with van der Waals surface area (Å²) in [5, 5.41) is 2.13. The molecule has 0 unspecified atom stereocenters. The van der Waals surface area contributed by atoms with Crippen LogP contribution in [-0.4, -0.2) is 54.8 Å². The zero-order valence-electron chi connectivity index (χ0n) is 20.3. The van der Waals surface area contributed by atoms with Crippen LogP contribution >= 0.6 is 39.3 Å². The van der Waals surface area contributed by atoms with Gasteiger partial charge < -0.3 is 19.5 Å². The molecule has 12 heteroatoms. The molecule has 0 spiro atoms. The van der Waals surface area contributed by atoms with Gasteiger partial charge in [0.15, 0.2) is 11.5 Å². The first-order chi connectivity index (χ1) is 17.7. The summed E-state index contributed by atoms with van der Waals surface area (Å²) in [6, 6.07) is 7.75. The highest BCUT2D eigenvalue weighted by Gasteiger charge is 2.36. The molecule has 9 nitrogen and oxygen atoms in total. The molecule has 1 N–H and O–H groups in total. The molecule has 0 aliphatic carbocycles. The van der Waals surface area contributed by atoms with Gasteiger partial charge in [-0.1, -0.05) is 18.5 Å². The molecular weight excluding hydrogens is 588 g/mol. The topological polar surface area (TPSA) is 111 Å². The first-order valence-corrected chi connectivity index (χ1v) is 13.2. The van der Waals surface area contributed by atoms with Crippen molar-refractivity contribution in [2.24, 2.45) is 0 Å². The van der Waals surface area contributed by atoms with Crippen LogP contribution in [-0.2, 0) is 14.3 Å². The number of esters is 1. The number of nitrogens with one attached hydrogen (secondary N) is 1. The van der Waals surface area contributed by atoms with E-state index in [0.717, 1.165) is 23.1 Å². The van der Waals surface area contributed by atoms with Gasteiger partial charge in [0.25, 0.3) is 11.1 Å². The van der Waals surface area contributed by atoms with E-state index in [0.29, 0.717) is 34.7 Å². The van der Waals surface area contributed by atoms with E-state index < -0.39 is 29.6 Å². The summed E-state index contributed by atoms with van der Waals surface area (Å²) in [4.78, 5) is 50.9. The summed E-state index contributed by atoms with van der Waals surface area (Å²) in [7, 11) is 1.21. The van der Waals surface area contributed by atoms with Crippen molar-refractivity contribution in [2.75, 3.05) is 32.2 Å². The van der Waals surface area contributed by atoms with E-state index in [2.05, 4.69) is 26.0 Å². The van der Waals surface area contributed by atoms with Crippen molar-refractivity contribution in [1.29, 1.82) is 0 Å². The second-order valence-corrected chi connectivity index (χ2v) is 9.87. The van der Waals surface area contributed by atoms with Gasteiger partial charge in [-0.25, -0.2) is 4.79 Å². The first-order valence-electron chi connectivity index (χ1n) is 11.2. The number of hydrogen-bond acceptors (Lipinski definition) is 8. The summed E-state index contributed by atoms with van der Waals surface area (Å²) < 4.78 is 16.8.